The van der Waals surface area contributed by atoms with Gasteiger partial charge in [-0.25, -0.2) is 4.39 Å². The van der Waals surface area contributed by atoms with Gasteiger partial charge in [0.25, 0.3) is 0 Å². The molecule has 1 saturated carbocycles. The summed E-state index contributed by atoms with van der Waals surface area (Å²) in [5.74, 6) is 0.674. The maximum atomic E-state index is 13.2. The Morgan fingerprint density at radius 3 is 2.95 bits per heavy atom. The maximum absolute atomic E-state index is 13.2. The normalized spacial score (nSPS) is 14.5. The number of hydrogen-bond acceptors (Lipinski definition) is 3. The zero-order valence-electron chi connectivity index (χ0n) is 11.6. The average Bonchev–Trinajstić information content (AvgIpc) is 3.16. The number of anilines is 1. The minimum Gasteiger partial charge on any atom is -0.467 e. The van der Waals surface area contributed by atoms with Crippen molar-refractivity contribution in [2.75, 3.05) is 11.9 Å². The van der Waals surface area contributed by atoms with E-state index in [9.17, 15) is 4.39 Å². The minimum absolute atomic E-state index is 0.219. The van der Waals surface area contributed by atoms with Crippen LogP contribution in [0.3, 0.4) is 0 Å². The van der Waals surface area contributed by atoms with Crippen LogP contribution in [0.4, 0.5) is 10.1 Å². The highest BCUT2D eigenvalue weighted by Crippen LogP contribution is 2.21. The van der Waals surface area contributed by atoms with Crippen LogP contribution >= 0.6 is 0 Å². The zero-order valence-corrected chi connectivity index (χ0v) is 11.6. The molecule has 1 aliphatic rings. The van der Waals surface area contributed by atoms with E-state index in [1.165, 1.54) is 30.5 Å². The second-order valence-electron chi connectivity index (χ2n) is 5.41. The van der Waals surface area contributed by atoms with Gasteiger partial charge in [0.15, 0.2) is 0 Å². The lowest BCUT2D eigenvalue weighted by Crippen LogP contribution is -2.16. The summed E-state index contributed by atoms with van der Waals surface area (Å²) in [6, 6.07) is 9.34. The van der Waals surface area contributed by atoms with Gasteiger partial charge >= 0.3 is 0 Å². The summed E-state index contributed by atoms with van der Waals surface area (Å²) in [6.07, 6.45) is 4.37. The molecule has 3 nitrogen and oxygen atoms in total. The molecule has 1 aromatic heterocycles. The predicted octanol–water partition coefficient (Wildman–Crippen LogP) is 3.31. The van der Waals surface area contributed by atoms with Crippen molar-refractivity contribution in [1.82, 2.24) is 5.32 Å². The lowest BCUT2D eigenvalue weighted by atomic mass is 10.2. The fourth-order valence-electron chi connectivity index (χ4n) is 2.19. The zero-order chi connectivity index (χ0) is 13.9. The Morgan fingerprint density at radius 1 is 1.35 bits per heavy atom. The number of halogens is 1. The molecule has 0 bridgehead atoms. The number of hydrogen-bond donors (Lipinski definition) is 1. The van der Waals surface area contributed by atoms with Gasteiger partial charge in [-0.2, -0.15) is 0 Å². The molecule has 0 aliphatic heterocycles. The monoisotopic (exact) mass is 274 g/mol. The molecule has 1 heterocycles. The first-order chi connectivity index (χ1) is 9.70. The summed E-state index contributed by atoms with van der Waals surface area (Å²) >= 11 is 0. The van der Waals surface area contributed by atoms with Crippen molar-refractivity contribution in [2.45, 2.75) is 32.0 Å². The Kier molecular flexibility index (Phi) is 3.74. The third kappa shape index (κ3) is 3.39. The molecule has 1 aromatic carbocycles. The van der Waals surface area contributed by atoms with Crippen molar-refractivity contribution >= 4 is 5.69 Å². The number of rotatable bonds is 6. The molecule has 20 heavy (non-hydrogen) atoms. The third-order valence-corrected chi connectivity index (χ3v) is 3.52. The summed E-state index contributed by atoms with van der Waals surface area (Å²) in [4.78, 5) is 1.97. The second kappa shape index (κ2) is 5.67. The van der Waals surface area contributed by atoms with E-state index in [2.05, 4.69) is 11.4 Å². The van der Waals surface area contributed by atoms with Crippen LogP contribution in [0.2, 0.25) is 0 Å². The highest BCUT2D eigenvalue weighted by atomic mass is 19.1. The first-order valence-corrected chi connectivity index (χ1v) is 6.97. The third-order valence-electron chi connectivity index (χ3n) is 3.52. The molecule has 1 aliphatic carbocycles. The first-order valence-electron chi connectivity index (χ1n) is 6.97. The fourth-order valence-corrected chi connectivity index (χ4v) is 2.19. The summed E-state index contributed by atoms with van der Waals surface area (Å²) < 4.78 is 18.8. The van der Waals surface area contributed by atoms with Gasteiger partial charge in [-0.3, -0.25) is 0 Å². The fraction of sp³-hybridized carbons (Fsp3) is 0.375. The maximum Gasteiger partial charge on any atom is 0.125 e. The molecule has 1 N–H and O–H groups in total. The van der Waals surface area contributed by atoms with Gasteiger partial charge in [0.2, 0.25) is 0 Å². The van der Waals surface area contributed by atoms with Crippen molar-refractivity contribution in [2.24, 2.45) is 0 Å². The number of nitrogens with one attached hydrogen (secondary N) is 1. The lowest BCUT2D eigenvalue weighted by molar-refractivity contribution is 0.504. The number of benzene rings is 1. The van der Waals surface area contributed by atoms with Gasteiger partial charge < -0.3 is 14.6 Å². The van der Waals surface area contributed by atoms with Crippen LogP contribution in [0.1, 0.15) is 24.2 Å². The Morgan fingerprint density at radius 2 is 2.20 bits per heavy atom. The molecule has 3 rings (SSSR count). The van der Waals surface area contributed by atoms with E-state index in [1.54, 1.807) is 12.3 Å². The molecule has 106 valence electrons. The molecule has 0 amide bonds. The SMILES string of the molecule is CN(Cc1cc(CNC2CC2)co1)c1cccc(F)c1. The van der Waals surface area contributed by atoms with Crippen molar-refractivity contribution in [1.29, 1.82) is 0 Å². The summed E-state index contributed by atoms with van der Waals surface area (Å²) in [7, 11) is 1.93. The van der Waals surface area contributed by atoms with Gasteiger partial charge in [0.05, 0.1) is 12.8 Å². The Hall–Kier alpha value is -1.81. The molecule has 0 spiro atoms. The molecule has 0 atom stereocenters. The van der Waals surface area contributed by atoms with Gasteiger partial charge in [-0.15, -0.1) is 0 Å². The van der Waals surface area contributed by atoms with Crippen LogP contribution in [0.15, 0.2) is 41.0 Å². The van der Waals surface area contributed by atoms with Crippen LogP contribution in [0.25, 0.3) is 0 Å². The Labute approximate surface area is 118 Å². The number of furan rings is 1. The Bertz CT molecular complexity index is 577. The van der Waals surface area contributed by atoms with Crippen LogP contribution in [-0.2, 0) is 13.1 Å². The lowest BCUT2D eigenvalue weighted by Gasteiger charge is -2.17. The molecule has 2 aromatic rings. The molecule has 1 fully saturated rings. The average molecular weight is 274 g/mol. The van der Waals surface area contributed by atoms with E-state index in [4.69, 9.17) is 4.42 Å². The summed E-state index contributed by atoms with van der Waals surface area (Å²) in [6.45, 7) is 1.49. The quantitative estimate of drug-likeness (QED) is 0.876. The molecule has 0 saturated heterocycles. The molecule has 4 heteroatoms. The Balaban J connectivity index is 1.59. The van der Waals surface area contributed by atoms with Crippen molar-refractivity contribution < 1.29 is 8.81 Å². The highest BCUT2D eigenvalue weighted by Gasteiger charge is 2.20. The minimum atomic E-state index is -0.219. The van der Waals surface area contributed by atoms with Crippen molar-refractivity contribution in [3.8, 4) is 0 Å². The first kappa shape index (κ1) is 13.2. The van der Waals surface area contributed by atoms with Gasteiger partial charge in [-0.1, -0.05) is 6.07 Å². The van der Waals surface area contributed by atoms with E-state index in [0.717, 1.165) is 18.0 Å². The van der Waals surface area contributed by atoms with E-state index in [0.29, 0.717) is 12.6 Å². The predicted molar refractivity (Wildman–Crippen MR) is 77.1 cm³/mol. The smallest absolute Gasteiger partial charge is 0.125 e. The van der Waals surface area contributed by atoms with Gasteiger partial charge in [0, 0.05) is 30.9 Å². The van der Waals surface area contributed by atoms with Crippen LogP contribution in [0.5, 0.6) is 0 Å². The molecular weight excluding hydrogens is 255 g/mol. The van der Waals surface area contributed by atoms with Crippen molar-refractivity contribution in [3.05, 3.63) is 53.7 Å². The van der Waals surface area contributed by atoms with Crippen molar-refractivity contribution in [3.63, 3.8) is 0 Å². The summed E-state index contributed by atoms with van der Waals surface area (Å²) in [5.41, 5.74) is 2.01. The van der Waals surface area contributed by atoms with Gasteiger partial charge in [-0.05, 0) is 37.1 Å². The summed E-state index contributed by atoms with van der Waals surface area (Å²) in [5, 5.41) is 3.46. The van der Waals surface area contributed by atoms with Crippen LogP contribution in [-0.4, -0.2) is 13.1 Å². The van der Waals surface area contributed by atoms with E-state index >= 15 is 0 Å². The molecule has 0 radical (unpaired) electrons. The second-order valence-corrected chi connectivity index (χ2v) is 5.41. The number of nitrogens with zero attached hydrogens (tertiary/aromatic N) is 1. The van der Waals surface area contributed by atoms with Gasteiger partial charge in [0.1, 0.15) is 11.6 Å². The molecular formula is C16H19FN2O. The van der Waals surface area contributed by atoms with E-state index in [-0.39, 0.29) is 5.82 Å². The topological polar surface area (TPSA) is 28.4 Å². The largest absolute Gasteiger partial charge is 0.467 e. The van der Waals surface area contributed by atoms with E-state index < -0.39 is 0 Å². The van der Waals surface area contributed by atoms with Crippen LogP contribution < -0.4 is 10.2 Å². The highest BCUT2D eigenvalue weighted by molar-refractivity contribution is 5.45. The van der Waals surface area contributed by atoms with E-state index in [1.807, 2.05) is 18.0 Å². The molecule has 0 unspecified atom stereocenters. The standard InChI is InChI=1S/C16H19FN2O/c1-19(15-4-2-3-13(17)8-15)10-16-7-12(11-20-16)9-18-14-5-6-14/h2-4,7-8,11,14,18H,5-6,9-10H2,1H3. The van der Waals surface area contributed by atoms with Crippen LogP contribution in [0, 0.1) is 5.82 Å².